The molecule has 2 rings (SSSR count). The van der Waals surface area contributed by atoms with Gasteiger partial charge < -0.3 is 5.73 Å². The van der Waals surface area contributed by atoms with Crippen LogP contribution < -0.4 is 10.5 Å². The highest BCUT2D eigenvalue weighted by molar-refractivity contribution is 7.88. The van der Waals surface area contributed by atoms with Gasteiger partial charge in [-0.15, -0.1) is 0 Å². The maximum atomic E-state index is 12.2. The zero-order valence-corrected chi connectivity index (χ0v) is 12.9. The number of rotatable bonds is 8. The smallest absolute Gasteiger partial charge is 0.215 e. The molecule has 112 valence electrons. The fourth-order valence-electron chi connectivity index (χ4n) is 2.64. The van der Waals surface area contributed by atoms with Crippen LogP contribution in [0.5, 0.6) is 0 Å². The van der Waals surface area contributed by atoms with Crippen LogP contribution in [-0.4, -0.2) is 15.0 Å². The highest BCUT2D eigenvalue weighted by Gasteiger charge is 2.41. The standard InChI is InChI=1S/C15H24N2O2S/c1-2-7-15(8-9-15)12-17-20(18,19)11-14-6-4-3-5-13(14)10-16/h3-6,17H,2,7-12,16H2,1H3. The lowest BCUT2D eigenvalue weighted by Crippen LogP contribution is -2.31. The Bertz CT molecular complexity index is 551. The minimum atomic E-state index is -3.28. The highest BCUT2D eigenvalue weighted by atomic mass is 32.2. The molecule has 0 aliphatic heterocycles. The normalized spacial score (nSPS) is 17.1. The summed E-state index contributed by atoms with van der Waals surface area (Å²) in [5, 5.41) is 0. The van der Waals surface area contributed by atoms with Crippen molar-refractivity contribution in [2.45, 2.75) is 44.9 Å². The molecule has 20 heavy (non-hydrogen) atoms. The van der Waals surface area contributed by atoms with E-state index in [-0.39, 0.29) is 11.2 Å². The maximum absolute atomic E-state index is 12.2. The Labute approximate surface area is 121 Å². The molecule has 1 aromatic rings. The Kier molecular flexibility index (Phi) is 4.83. The Morgan fingerprint density at radius 1 is 1.25 bits per heavy atom. The van der Waals surface area contributed by atoms with Crippen LogP contribution in [0.1, 0.15) is 43.7 Å². The topological polar surface area (TPSA) is 72.2 Å². The molecule has 0 bridgehead atoms. The average molecular weight is 296 g/mol. The molecule has 1 aliphatic carbocycles. The Balaban J connectivity index is 1.97. The summed E-state index contributed by atoms with van der Waals surface area (Å²) < 4.78 is 27.2. The van der Waals surface area contributed by atoms with Crippen LogP contribution in [0.25, 0.3) is 0 Å². The molecule has 1 saturated carbocycles. The van der Waals surface area contributed by atoms with Gasteiger partial charge in [0.2, 0.25) is 10.0 Å². The molecule has 0 radical (unpaired) electrons. The van der Waals surface area contributed by atoms with Crippen LogP contribution in [0.3, 0.4) is 0 Å². The number of hydrogen-bond donors (Lipinski definition) is 2. The van der Waals surface area contributed by atoms with Crippen molar-refractivity contribution in [3.05, 3.63) is 35.4 Å². The molecule has 0 aromatic heterocycles. The summed E-state index contributed by atoms with van der Waals surface area (Å²) in [7, 11) is -3.28. The van der Waals surface area contributed by atoms with Gasteiger partial charge in [0.05, 0.1) is 5.75 Å². The highest BCUT2D eigenvalue weighted by Crippen LogP contribution is 2.49. The van der Waals surface area contributed by atoms with E-state index in [0.717, 1.165) is 36.8 Å². The molecule has 0 saturated heterocycles. The third kappa shape index (κ3) is 4.04. The first kappa shape index (κ1) is 15.5. The number of nitrogens with one attached hydrogen (secondary N) is 1. The molecule has 1 fully saturated rings. The zero-order valence-electron chi connectivity index (χ0n) is 12.1. The van der Waals surface area contributed by atoms with Crippen molar-refractivity contribution in [2.75, 3.05) is 6.54 Å². The van der Waals surface area contributed by atoms with E-state index < -0.39 is 10.0 Å². The van der Waals surface area contributed by atoms with E-state index in [0.29, 0.717) is 13.1 Å². The lowest BCUT2D eigenvalue weighted by molar-refractivity contribution is 0.449. The average Bonchev–Trinajstić information content (AvgIpc) is 3.18. The van der Waals surface area contributed by atoms with Gasteiger partial charge in [-0.05, 0) is 35.8 Å². The molecule has 4 nitrogen and oxygen atoms in total. The van der Waals surface area contributed by atoms with E-state index in [1.165, 1.54) is 0 Å². The molecule has 0 unspecified atom stereocenters. The Morgan fingerprint density at radius 2 is 1.90 bits per heavy atom. The van der Waals surface area contributed by atoms with Gasteiger partial charge >= 0.3 is 0 Å². The van der Waals surface area contributed by atoms with E-state index in [9.17, 15) is 8.42 Å². The summed E-state index contributed by atoms with van der Waals surface area (Å²) in [4.78, 5) is 0. The molecule has 3 N–H and O–H groups in total. The van der Waals surface area contributed by atoms with Crippen molar-refractivity contribution in [3.63, 3.8) is 0 Å². The lowest BCUT2D eigenvalue weighted by Gasteiger charge is -2.15. The minimum absolute atomic E-state index is 0.0164. The number of hydrogen-bond acceptors (Lipinski definition) is 3. The maximum Gasteiger partial charge on any atom is 0.215 e. The summed E-state index contributed by atoms with van der Waals surface area (Å²) in [5.41, 5.74) is 7.57. The molecular weight excluding hydrogens is 272 g/mol. The number of nitrogens with two attached hydrogens (primary N) is 1. The van der Waals surface area contributed by atoms with Crippen LogP contribution in [0, 0.1) is 5.41 Å². The van der Waals surface area contributed by atoms with E-state index in [4.69, 9.17) is 5.73 Å². The quantitative estimate of drug-likeness (QED) is 0.772. The fourth-order valence-corrected chi connectivity index (χ4v) is 3.96. The summed E-state index contributed by atoms with van der Waals surface area (Å²) >= 11 is 0. The Hall–Kier alpha value is -0.910. The van der Waals surface area contributed by atoms with E-state index in [1.54, 1.807) is 0 Å². The molecule has 0 heterocycles. The van der Waals surface area contributed by atoms with Crippen LogP contribution in [0.2, 0.25) is 0 Å². The third-order valence-corrected chi connectivity index (χ3v) is 5.36. The molecule has 5 heteroatoms. The van der Waals surface area contributed by atoms with E-state index >= 15 is 0 Å². The number of benzene rings is 1. The predicted molar refractivity (Wildman–Crippen MR) is 81.5 cm³/mol. The molecule has 1 aliphatic rings. The van der Waals surface area contributed by atoms with Crippen molar-refractivity contribution in [3.8, 4) is 0 Å². The fraction of sp³-hybridized carbons (Fsp3) is 0.600. The van der Waals surface area contributed by atoms with Crippen molar-refractivity contribution in [1.29, 1.82) is 0 Å². The van der Waals surface area contributed by atoms with Gasteiger partial charge in [0.1, 0.15) is 0 Å². The molecule has 0 amide bonds. The summed E-state index contributed by atoms with van der Waals surface area (Å²) in [6.07, 6.45) is 4.50. The van der Waals surface area contributed by atoms with E-state index in [1.807, 2.05) is 24.3 Å². The molecule has 0 atom stereocenters. The first-order valence-electron chi connectivity index (χ1n) is 7.24. The SMILES string of the molecule is CCCC1(CNS(=O)(=O)Cc2ccccc2CN)CC1. The van der Waals surface area contributed by atoms with Crippen LogP contribution in [0.15, 0.2) is 24.3 Å². The van der Waals surface area contributed by atoms with Gasteiger partial charge in [0.15, 0.2) is 0 Å². The van der Waals surface area contributed by atoms with Gasteiger partial charge in [-0.25, -0.2) is 13.1 Å². The second kappa shape index (κ2) is 6.24. The van der Waals surface area contributed by atoms with Gasteiger partial charge in [0.25, 0.3) is 0 Å². The first-order valence-corrected chi connectivity index (χ1v) is 8.90. The molecular formula is C15H24N2O2S. The summed E-state index contributed by atoms with van der Waals surface area (Å²) in [6.45, 7) is 3.09. The Morgan fingerprint density at radius 3 is 2.45 bits per heavy atom. The third-order valence-electron chi connectivity index (χ3n) is 4.09. The van der Waals surface area contributed by atoms with Crippen molar-refractivity contribution >= 4 is 10.0 Å². The number of sulfonamides is 1. The van der Waals surface area contributed by atoms with Gasteiger partial charge in [-0.2, -0.15) is 0 Å². The van der Waals surface area contributed by atoms with Crippen molar-refractivity contribution in [1.82, 2.24) is 4.72 Å². The van der Waals surface area contributed by atoms with Gasteiger partial charge in [-0.1, -0.05) is 37.6 Å². The van der Waals surface area contributed by atoms with Crippen molar-refractivity contribution in [2.24, 2.45) is 11.1 Å². The summed E-state index contributed by atoms with van der Waals surface area (Å²) in [6, 6.07) is 7.44. The molecule has 1 aromatic carbocycles. The van der Waals surface area contributed by atoms with Gasteiger partial charge in [0, 0.05) is 13.1 Å². The minimum Gasteiger partial charge on any atom is -0.326 e. The van der Waals surface area contributed by atoms with E-state index in [2.05, 4.69) is 11.6 Å². The van der Waals surface area contributed by atoms with Crippen LogP contribution >= 0.6 is 0 Å². The second-order valence-electron chi connectivity index (χ2n) is 5.80. The molecule has 0 spiro atoms. The summed E-state index contributed by atoms with van der Waals surface area (Å²) in [5.74, 6) is 0.0164. The zero-order chi connectivity index (χ0) is 14.6. The predicted octanol–water partition coefficient (Wildman–Crippen LogP) is 2.15. The lowest BCUT2D eigenvalue weighted by atomic mass is 10.0. The monoisotopic (exact) mass is 296 g/mol. The second-order valence-corrected chi connectivity index (χ2v) is 7.61. The van der Waals surface area contributed by atoms with Gasteiger partial charge in [-0.3, -0.25) is 0 Å². The van der Waals surface area contributed by atoms with Crippen LogP contribution in [-0.2, 0) is 22.3 Å². The largest absolute Gasteiger partial charge is 0.326 e. The van der Waals surface area contributed by atoms with Crippen molar-refractivity contribution < 1.29 is 8.42 Å². The first-order chi connectivity index (χ1) is 9.50. The van der Waals surface area contributed by atoms with Crippen LogP contribution in [0.4, 0.5) is 0 Å².